The van der Waals surface area contributed by atoms with Crippen molar-refractivity contribution in [3.8, 4) is 11.4 Å². The molecule has 1 aromatic carbocycles. The Labute approximate surface area is 111 Å². The first kappa shape index (κ1) is 13.6. The Hall–Kier alpha value is -1.86. The second-order valence-corrected chi connectivity index (χ2v) is 6.11. The minimum atomic E-state index is -3.27. The van der Waals surface area contributed by atoms with Crippen LogP contribution in [0, 0.1) is 0 Å². The minimum Gasteiger partial charge on any atom is -0.497 e. The molecule has 2 N–H and O–H groups in total. The zero-order chi connectivity index (χ0) is 14.0. The summed E-state index contributed by atoms with van der Waals surface area (Å²) in [6, 6.07) is 5.39. The molecule has 0 atom stereocenters. The van der Waals surface area contributed by atoms with E-state index in [2.05, 4.69) is 5.10 Å². The fourth-order valence-corrected chi connectivity index (χ4v) is 2.22. The molecule has 2 rings (SSSR count). The first-order chi connectivity index (χ1) is 8.95. The van der Waals surface area contributed by atoms with E-state index in [4.69, 9.17) is 10.5 Å². The van der Waals surface area contributed by atoms with Gasteiger partial charge in [-0.25, -0.2) is 13.1 Å². The van der Waals surface area contributed by atoms with E-state index >= 15 is 0 Å². The highest BCUT2D eigenvalue weighted by atomic mass is 32.2. The van der Waals surface area contributed by atoms with Crippen molar-refractivity contribution in [2.45, 2.75) is 11.4 Å². The Morgan fingerprint density at radius 3 is 2.68 bits per heavy atom. The third-order valence-corrected chi connectivity index (χ3v) is 3.81. The van der Waals surface area contributed by atoms with Gasteiger partial charge in [-0.15, -0.1) is 0 Å². The van der Waals surface area contributed by atoms with Crippen LogP contribution in [-0.4, -0.2) is 31.6 Å². The van der Waals surface area contributed by atoms with Crippen molar-refractivity contribution in [3.63, 3.8) is 0 Å². The van der Waals surface area contributed by atoms with Gasteiger partial charge in [0.2, 0.25) is 0 Å². The van der Waals surface area contributed by atoms with Gasteiger partial charge in [-0.1, -0.05) is 6.07 Å². The molecule has 1 aromatic heterocycles. The number of hydrogen-bond donors (Lipinski definition) is 1. The first-order valence-corrected chi connectivity index (χ1v) is 7.47. The maximum Gasteiger partial charge on any atom is 0.178 e. The van der Waals surface area contributed by atoms with Crippen LogP contribution in [0.1, 0.15) is 5.56 Å². The van der Waals surface area contributed by atoms with Gasteiger partial charge >= 0.3 is 0 Å². The topological polar surface area (TPSA) is 87.2 Å². The molecule has 0 aliphatic carbocycles. The van der Waals surface area contributed by atoms with Gasteiger partial charge in [0.1, 0.15) is 10.6 Å². The van der Waals surface area contributed by atoms with Gasteiger partial charge in [-0.05, 0) is 11.6 Å². The minimum absolute atomic E-state index is 0.165. The smallest absolute Gasteiger partial charge is 0.178 e. The molecule has 0 amide bonds. The number of nitrogens with zero attached hydrogens (tertiary/aromatic N) is 2. The Bertz CT molecular complexity index is 692. The number of hydrogen-bond acceptors (Lipinski definition) is 5. The average Bonchev–Trinajstić information content (AvgIpc) is 2.87. The van der Waals surface area contributed by atoms with E-state index in [-0.39, 0.29) is 4.90 Å². The number of benzene rings is 1. The number of methoxy groups -OCH3 is 1. The average molecular weight is 281 g/mol. The number of ether oxygens (including phenoxy) is 1. The fourth-order valence-electron chi connectivity index (χ4n) is 1.69. The predicted molar refractivity (Wildman–Crippen MR) is 71.1 cm³/mol. The van der Waals surface area contributed by atoms with Crippen molar-refractivity contribution < 1.29 is 13.2 Å². The third kappa shape index (κ3) is 2.77. The maximum atomic E-state index is 11.5. The predicted octanol–water partition coefficient (Wildman–Crippen LogP) is 0.743. The van der Waals surface area contributed by atoms with Crippen LogP contribution in [0.2, 0.25) is 0 Å². The van der Waals surface area contributed by atoms with Crippen molar-refractivity contribution in [1.29, 1.82) is 0 Å². The Morgan fingerprint density at radius 1 is 1.42 bits per heavy atom. The molecule has 7 heteroatoms. The van der Waals surface area contributed by atoms with E-state index in [1.807, 2.05) is 6.07 Å². The highest BCUT2D eigenvalue weighted by Crippen LogP contribution is 2.21. The Kier molecular flexibility index (Phi) is 3.59. The van der Waals surface area contributed by atoms with Crippen LogP contribution in [0.3, 0.4) is 0 Å². The van der Waals surface area contributed by atoms with Crippen molar-refractivity contribution in [3.05, 3.63) is 36.2 Å². The summed E-state index contributed by atoms with van der Waals surface area (Å²) >= 11 is 0. The lowest BCUT2D eigenvalue weighted by atomic mass is 10.1. The SMILES string of the molecule is COc1ccc(CN)c(-n2cc(S(C)(=O)=O)cn2)c1. The molecule has 2 aromatic rings. The van der Waals surface area contributed by atoms with Gasteiger partial charge in [-0.2, -0.15) is 5.10 Å². The van der Waals surface area contributed by atoms with Crippen molar-refractivity contribution >= 4 is 9.84 Å². The molecular formula is C12H15N3O3S. The highest BCUT2D eigenvalue weighted by molar-refractivity contribution is 7.90. The maximum absolute atomic E-state index is 11.5. The number of rotatable bonds is 4. The second-order valence-electron chi connectivity index (χ2n) is 4.09. The molecule has 0 aliphatic rings. The van der Waals surface area contributed by atoms with Crippen LogP contribution in [0.15, 0.2) is 35.5 Å². The number of nitrogens with two attached hydrogens (primary N) is 1. The zero-order valence-electron chi connectivity index (χ0n) is 10.7. The van der Waals surface area contributed by atoms with E-state index in [1.165, 1.54) is 17.1 Å². The lowest BCUT2D eigenvalue weighted by Gasteiger charge is -2.09. The highest BCUT2D eigenvalue weighted by Gasteiger charge is 2.13. The molecule has 102 valence electrons. The van der Waals surface area contributed by atoms with E-state index in [0.29, 0.717) is 18.0 Å². The Morgan fingerprint density at radius 2 is 2.16 bits per heavy atom. The van der Waals surface area contributed by atoms with Crippen LogP contribution in [0.4, 0.5) is 0 Å². The molecule has 0 unspecified atom stereocenters. The van der Waals surface area contributed by atoms with Gasteiger partial charge in [0.15, 0.2) is 9.84 Å². The van der Waals surface area contributed by atoms with Crippen molar-refractivity contribution in [2.75, 3.05) is 13.4 Å². The molecule has 0 fully saturated rings. The van der Waals surface area contributed by atoms with E-state index in [1.54, 1.807) is 19.2 Å². The van der Waals surface area contributed by atoms with Gasteiger partial charge in [0.05, 0.1) is 19.0 Å². The number of aromatic nitrogens is 2. The van der Waals surface area contributed by atoms with Crippen molar-refractivity contribution in [2.24, 2.45) is 5.73 Å². The summed E-state index contributed by atoms with van der Waals surface area (Å²) in [5.41, 5.74) is 7.23. The van der Waals surface area contributed by atoms with E-state index < -0.39 is 9.84 Å². The zero-order valence-corrected chi connectivity index (χ0v) is 11.5. The van der Waals surface area contributed by atoms with Crippen LogP contribution < -0.4 is 10.5 Å². The van der Waals surface area contributed by atoms with Crippen LogP contribution in [0.25, 0.3) is 5.69 Å². The van der Waals surface area contributed by atoms with Crippen LogP contribution in [-0.2, 0) is 16.4 Å². The summed E-state index contributed by atoms with van der Waals surface area (Å²) in [7, 11) is -1.71. The van der Waals surface area contributed by atoms with Crippen LogP contribution in [0.5, 0.6) is 5.75 Å². The molecule has 1 heterocycles. The van der Waals surface area contributed by atoms with E-state index in [0.717, 1.165) is 11.8 Å². The van der Waals surface area contributed by atoms with Gasteiger partial charge in [0.25, 0.3) is 0 Å². The lowest BCUT2D eigenvalue weighted by molar-refractivity contribution is 0.414. The summed E-state index contributed by atoms with van der Waals surface area (Å²) in [6.45, 7) is 0.327. The molecule has 0 bridgehead atoms. The molecule has 0 saturated carbocycles. The summed E-state index contributed by atoms with van der Waals surface area (Å²) in [5, 5.41) is 4.06. The fraction of sp³-hybridized carbons (Fsp3) is 0.250. The Balaban J connectivity index is 2.54. The summed E-state index contributed by atoms with van der Waals surface area (Å²) in [5.74, 6) is 0.656. The van der Waals surface area contributed by atoms with Crippen LogP contribution >= 0.6 is 0 Å². The standard InChI is InChI=1S/C12H15N3O3S/c1-18-10-4-3-9(6-13)12(5-10)15-8-11(7-14-15)19(2,16)17/h3-5,7-8H,6,13H2,1-2H3. The molecule has 0 spiro atoms. The molecular weight excluding hydrogens is 266 g/mol. The van der Waals surface area contributed by atoms with Gasteiger partial charge in [-0.3, -0.25) is 0 Å². The first-order valence-electron chi connectivity index (χ1n) is 5.58. The summed E-state index contributed by atoms with van der Waals surface area (Å²) < 4.78 is 29.5. The van der Waals surface area contributed by atoms with Gasteiger partial charge < -0.3 is 10.5 Å². The summed E-state index contributed by atoms with van der Waals surface area (Å²) in [6.07, 6.45) is 3.92. The second kappa shape index (κ2) is 5.02. The quantitative estimate of drug-likeness (QED) is 0.893. The molecule has 0 radical (unpaired) electrons. The van der Waals surface area contributed by atoms with E-state index in [9.17, 15) is 8.42 Å². The lowest BCUT2D eigenvalue weighted by Crippen LogP contribution is -2.05. The molecule has 19 heavy (non-hydrogen) atoms. The third-order valence-electron chi connectivity index (χ3n) is 2.75. The van der Waals surface area contributed by atoms with Crippen molar-refractivity contribution in [1.82, 2.24) is 9.78 Å². The monoisotopic (exact) mass is 281 g/mol. The molecule has 0 aliphatic heterocycles. The molecule has 6 nitrogen and oxygen atoms in total. The largest absolute Gasteiger partial charge is 0.497 e. The number of sulfone groups is 1. The molecule has 0 saturated heterocycles. The summed E-state index contributed by atoms with van der Waals surface area (Å²) in [4.78, 5) is 0.165. The van der Waals surface area contributed by atoms with Gasteiger partial charge in [0, 0.05) is 25.1 Å². The normalized spacial score (nSPS) is 11.5.